The van der Waals surface area contributed by atoms with Crippen molar-refractivity contribution in [2.24, 2.45) is 0 Å². The molecule has 0 N–H and O–H groups in total. The van der Waals surface area contributed by atoms with Gasteiger partial charge < -0.3 is 13.7 Å². The topological polar surface area (TPSA) is 54.0 Å². The summed E-state index contributed by atoms with van der Waals surface area (Å²) in [5, 5.41) is 0. The van der Waals surface area contributed by atoms with Crippen LogP contribution in [0.1, 0.15) is 6.92 Å². The van der Waals surface area contributed by atoms with Gasteiger partial charge in [0.15, 0.2) is 0 Å². The van der Waals surface area contributed by atoms with Gasteiger partial charge in [0.2, 0.25) is 25.0 Å². The highest BCUT2D eigenvalue weighted by molar-refractivity contribution is 6.71. The highest BCUT2D eigenvalue weighted by Crippen LogP contribution is 2.21. The Balaban J connectivity index is 5.19. The van der Waals surface area contributed by atoms with E-state index in [0.717, 1.165) is 0 Å². The van der Waals surface area contributed by atoms with Crippen LogP contribution in [-0.2, 0) is 23.1 Å². The van der Waals surface area contributed by atoms with E-state index in [1.807, 2.05) is 58.9 Å². The van der Waals surface area contributed by atoms with Gasteiger partial charge in [-0.2, -0.15) is 0 Å². The Kier molecular flexibility index (Phi) is 6.92. The molecule has 0 spiro atoms. The first-order valence-electron chi connectivity index (χ1n) is 7.10. The van der Waals surface area contributed by atoms with E-state index in [1.54, 1.807) is 6.92 Å². The van der Waals surface area contributed by atoms with E-state index in [9.17, 15) is 4.79 Å². The van der Waals surface area contributed by atoms with Crippen molar-refractivity contribution < 1.29 is 23.1 Å². The van der Waals surface area contributed by atoms with Gasteiger partial charge in [-0.15, -0.1) is 0 Å². The molecule has 0 heterocycles. The molecule has 124 valence electrons. The molecule has 0 fully saturated rings. The first-order valence-corrected chi connectivity index (χ1v) is 17.3. The number of carbonyl (C=O) groups excluding carboxylic acids is 1. The maximum Gasteiger partial charge on any atom is 0.374 e. The minimum absolute atomic E-state index is 0.289. The second kappa shape index (κ2) is 7.12. The van der Waals surface area contributed by atoms with Gasteiger partial charge in [0, 0.05) is 0 Å². The SMILES string of the molecule is CC(C(=O)OO[Si](C)(C)C)=C(O[Si](C)(C)C)O[Si](C)(C)C. The van der Waals surface area contributed by atoms with E-state index in [-0.39, 0.29) is 5.95 Å². The minimum atomic E-state index is -1.92. The van der Waals surface area contributed by atoms with Crippen molar-refractivity contribution in [1.29, 1.82) is 0 Å². The number of carbonyl (C=O) groups is 1. The Morgan fingerprint density at radius 3 is 1.38 bits per heavy atom. The summed E-state index contributed by atoms with van der Waals surface area (Å²) in [7, 11) is -5.70. The van der Waals surface area contributed by atoms with Crippen molar-refractivity contribution in [3.63, 3.8) is 0 Å². The van der Waals surface area contributed by atoms with Crippen LogP contribution in [0.3, 0.4) is 0 Å². The lowest BCUT2D eigenvalue weighted by molar-refractivity contribution is -0.214. The maximum atomic E-state index is 12.1. The molecule has 0 aliphatic carbocycles. The van der Waals surface area contributed by atoms with Gasteiger partial charge in [0.25, 0.3) is 5.95 Å². The Labute approximate surface area is 131 Å². The molecule has 0 saturated heterocycles. The van der Waals surface area contributed by atoms with Crippen molar-refractivity contribution in [2.45, 2.75) is 65.8 Å². The lowest BCUT2D eigenvalue weighted by atomic mass is 10.3. The maximum absolute atomic E-state index is 12.1. The molecule has 0 saturated carbocycles. The quantitative estimate of drug-likeness (QED) is 0.226. The van der Waals surface area contributed by atoms with Crippen molar-refractivity contribution in [1.82, 2.24) is 0 Å². The second-order valence-corrected chi connectivity index (χ2v) is 21.2. The molecule has 0 atom stereocenters. The van der Waals surface area contributed by atoms with Crippen LogP contribution in [0, 0.1) is 0 Å². The Bertz CT molecular complexity index is 382. The molecule has 0 aliphatic heterocycles. The van der Waals surface area contributed by atoms with Gasteiger partial charge in [-0.1, -0.05) is 0 Å². The van der Waals surface area contributed by atoms with Crippen LogP contribution in [0.25, 0.3) is 0 Å². The first-order chi connectivity index (χ1) is 9.11. The molecule has 0 radical (unpaired) electrons. The summed E-state index contributed by atoms with van der Waals surface area (Å²) in [5.74, 6) is -0.263. The standard InChI is InChI=1S/C13H30O5Si3/c1-11(12(14)15-18-21(8,9)10)13(16-19(2,3)4)17-20(5,6)7/h1-10H3. The third-order valence-electron chi connectivity index (χ3n) is 1.78. The Morgan fingerprint density at radius 2 is 1.10 bits per heavy atom. The van der Waals surface area contributed by atoms with Crippen LogP contribution >= 0.6 is 0 Å². The zero-order valence-electron chi connectivity index (χ0n) is 15.0. The van der Waals surface area contributed by atoms with E-state index in [2.05, 4.69) is 0 Å². The molecule has 0 aliphatic rings. The molecular weight excluding hydrogens is 320 g/mol. The summed E-state index contributed by atoms with van der Waals surface area (Å²) in [5.41, 5.74) is 0.318. The first kappa shape index (κ1) is 20.4. The summed E-state index contributed by atoms with van der Waals surface area (Å²) in [6.07, 6.45) is 0. The fourth-order valence-electron chi connectivity index (χ4n) is 1.04. The van der Waals surface area contributed by atoms with E-state index in [4.69, 9.17) is 18.3 Å². The predicted octanol–water partition coefficient (Wildman–Crippen LogP) is 4.23. The van der Waals surface area contributed by atoms with E-state index in [1.165, 1.54) is 0 Å². The Hall–Kier alpha value is -0.579. The fraction of sp³-hybridized carbons (Fsp3) is 0.769. The summed E-state index contributed by atoms with van der Waals surface area (Å²) in [4.78, 5) is 17.0. The molecule has 0 bridgehead atoms. The summed E-state index contributed by atoms with van der Waals surface area (Å²) < 4.78 is 17.0. The number of rotatable bonds is 7. The van der Waals surface area contributed by atoms with Gasteiger partial charge in [0.1, 0.15) is 5.57 Å². The third-order valence-corrected chi connectivity index (χ3v) is 3.96. The average molecular weight is 351 g/mol. The zero-order valence-corrected chi connectivity index (χ0v) is 18.0. The summed E-state index contributed by atoms with van der Waals surface area (Å²) >= 11 is 0. The van der Waals surface area contributed by atoms with Crippen LogP contribution in [-0.4, -0.2) is 30.9 Å². The fourth-order valence-corrected chi connectivity index (χ4v) is 2.95. The summed E-state index contributed by atoms with van der Waals surface area (Å²) in [6.45, 7) is 19.7. The van der Waals surface area contributed by atoms with Crippen molar-refractivity contribution in [3.05, 3.63) is 11.5 Å². The molecule has 21 heavy (non-hydrogen) atoms. The number of hydrogen-bond acceptors (Lipinski definition) is 5. The minimum Gasteiger partial charge on any atom is -0.520 e. The molecule has 8 heteroatoms. The average Bonchev–Trinajstić information content (AvgIpc) is 2.18. The molecule has 0 amide bonds. The molecule has 0 rings (SSSR count). The molecule has 0 aromatic heterocycles. The van der Waals surface area contributed by atoms with Crippen molar-refractivity contribution in [2.75, 3.05) is 0 Å². The number of hydrogen-bond donors (Lipinski definition) is 0. The van der Waals surface area contributed by atoms with E-state index >= 15 is 0 Å². The third kappa shape index (κ3) is 10.7. The highest BCUT2D eigenvalue weighted by atomic mass is 28.4. The largest absolute Gasteiger partial charge is 0.520 e. The monoisotopic (exact) mass is 350 g/mol. The van der Waals surface area contributed by atoms with Crippen LogP contribution < -0.4 is 0 Å². The lowest BCUT2D eigenvalue weighted by Crippen LogP contribution is -2.33. The van der Waals surface area contributed by atoms with Gasteiger partial charge in [0.05, 0.1) is 0 Å². The van der Waals surface area contributed by atoms with E-state index in [0.29, 0.717) is 5.57 Å². The molecule has 0 unspecified atom stereocenters. The van der Waals surface area contributed by atoms with Crippen molar-refractivity contribution >= 4 is 30.9 Å². The predicted molar refractivity (Wildman–Crippen MR) is 92.1 cm³/mol. The van der Waals surface area contributed by atoms with Crippen LogP contribution in [0.5, 0.6) is 0 Å². The van der Waals surface area contributed by atoms with Crippen molar-refractivity contribution in [3.8, 4) is 0 Å². The van der Waals surface area contributed by atoms with Gasteiger partial charge in [-0.05, 0) is 65.8 Å². The molecular formula is C13H30O5Si3. The lowest BCUT2D eigenvalue weighted by Gasteiger charge is -2.28. The zero-order chi connectivity index (χ0) is 17.1. The van der Waals surface area contributed by atoms with Crippen LogP contribution in [0.15, 0.2) is 11.5 Å². The van der Waals surface area contributed by atoms with E-state index < -0.39 is 30.9 Å². The van der Waals surface area contributed by atoms with Crippen LogP contribution in [0.2, 0.25) is 58.9 Å². The second-order valence-electron chi connectivity index (χ2n) is 7.91. The molecule has 0 aromatic rings. The highest BCUT2D eigenvalue weighted by Gasteiger charge is 2.29. The smallest absolute Gasteiger partial charge is 0.374 e. The normalized spacial score (nSPS) is 12.7. The molecule has 0 aromatic carbocycles. The summed E-state index contributed by atoms with van der Waals surface area (Å²) in [6, 6.07) is 0. The Morgan fingerprint density at radius 1 is 0.714 bits per heavy atom. The van der Waals surface area contributed by atoms with Gasteiger partial charge in [-0.3, -0.25) is 0 Å². The van der Waals surface area contributed by atoms with Gasteiger partial charge >= 0.3 is 5.97 Å². The molecule has 5 nitrogen and oxygen atoms in total. The van der Waals surface area contributed by atoms with Gasteiger partial charge in [-0.25, -0.2) is 9.37 Å². The van der Waals surface area contributed by atoms with Crippen LogP contribution in [0.4, 0.5) is 0 Å².